The maximum Gasteiger partial charge on any atom is 0.306 e. The molecule has 0 atom stereocenters. The lowest BCUT2D eigenvalue weighted by molar-refractivity contribution is -0.142. The number of aliphatic carboxylic acids is 1. The van der Waals surface area contributed by atoms with E-state index in [2.05, 4.69) is 53.5 Å². The molecule has 1 fully saturated rings. The number of hydrogen-bond acceptors (Lipinski definition) is 5. The monoisotopic (exact) mass is 465 g/mol. The van der Waals surface area contributed by atoms with E-state index in [0.29, 0.717) is 18.7 Å². The van der Waals surface area contributed by atoms with E-state index >= 15 is 0 Å². The zero-order chi connectivity index (χ0) is 23.9. The number of pyridine rings is 1. The minimum Gasteiger partial charge on any atom is -0.481 e. The van der Waals surface area contributed by atoms with E-state index < -0.39 is 5.97 Å². The zero-order valence-electron chi connectivity index (χ0n) is 19.4. The largest absolute Gasteiger partial charge is 0.481 e. The lowest BCUT2D eigenvalue weighted by Crippen LogP contribution is -2.21. The highest BCUT2D eigenvalue weighted by Crippen LogP contribution is 2.39. The number of hydrogen-bond donors (Lipinski definition) is 2. The number of carboxylic acids is 1. The highest BCUT2D eigenvalue weighted by atomic mass is 16.4. The number of carboxylic acid groups (broad SMARTS) is 1. The lowest BCUT2D eigenvalue weighted by Gasteiger charge is -2.25. The molecule has 0 bridgehead atoms. The first-order valence-electron chi connectivity index (χ1n) is 12.2. The molecule has 7 nitrogen and oxygen atoms in total. The molecule has 35 heavy (non-hydrogen) atoms. The first-order valence-corrected chi connectivity index (χ1v) is 12.2. The predicted molar refractivity (Wildman–Crippen MR) is 137 cm³/mol. The smallest absolute Gasteiger partial charge is 0.306 e. The van der Waals surface area contributed by atoms with Crippen molar-refractivity contribution in [2.75, 3.05) is 5.73 Å². The number of rotatable bonds is 4. The average Bonchev–Trinajstić information content (AvgIpc) is 3.30. The van der Waals surface area contributed by atoms with Gasteiger partial charge in [-0.3, -0.25) is 9.20 Å². The number of anilines is 1. The Kier molecular flexibility index (Phi) is 5.32. The van der Waals surface area contributed by atoms with E-state index in [9.17, 15) is 9.90 Å². The third-order valence-corrected chi connectivity index (χ3v) is 7.31. The quantitative estimate of drug-likeness (QED) is 0.405. The topological polar surface area (TPSA) is 106 Å². The molecule has 1 saturated carbocycles. The van der Waals surface area contributed by atoms with Gasteiger partial charge in [0.25, 0.3) is 0 Å². The highest BCUT2D eigenvalue weighted by Gasteiger charge is 2.30. The van der Waals surface area contributed by atoms with Crippen molar-refractivity contribution in [3.8, 4) is 11.3 Å². The van der Waals surface area contributed by atoms with Crippen LogP contribution in [0.3, 0.4) is 0 Å². The Morgan fingerprint density at radius 2 is 1.89 bits per heavy atom. The van der Waals surface area contributed by atoms with Crippen LogP contribution in [0.15, 0.2) is 61.0 Å². The van der Waals surface area contributed by atoms with Crippen LogP contribution in [0.2, 0.25) is 0 Å². The normalized spacial score (nSPS) is 20.3. The van der Waals surface area contributed by atoms with Crippen molar-refractivity contribution in [2.24, 2.45) is 5.92 Å². The summed E-state index contributed by atoms with van der Waals surface area (Å²) in [6, 6.07) is 10.4. The Balaban J connectivity index is 1.43. The van der Waals surface area contributed by atoms with Crippen LogP contribution in [0.1, 0.15) is 56.0 Å². The van der Waals surface area contributed by atoms with Crippen LogP contribution in [-0.4, -0.2) is 30.4 Å². The van der Waals surface area contributed by atoms with Crippen LogP contribution >= 0.6 is 0 Å². The molecule has 2 aliphatic carbocycles. The maximum atomic E-state index is 11.4. The molecule has 0 spiro atoms. The average molecular weight is 466 g/mol. The number of carbonyl (C=O) groups is 1. The van der Waals surface area contributed by atoms with Crippen molar-refractivity contribution in [3.63, 3.8) is 0 Å². The summed E-state index contributed by atoms with van der Waals surface area (Å²) in [5.74, 6) is 0.572. The predicted octanol–water partition coefficient (Wildman–Crippen LogP) is 5.62. The molecule has 0 unspecified atom stereocenters. The number of fused-ring (bicyclic) bond motifs is 2. The van der Waals surface area contributed by atoms with E-state index in [1.54, 1.807) is 6.20 Å². The summed E-state index contributed by atoms with van der Waals surface area (Å²) in [7, 11) is 0. The van der Waals surface area contributed by atoms with Gasteiger partial charge < -0.3 is 10.8 Å². The minimum atomic E-state index is -0.701. The van der Waals surface area contributed by atoms with Gasteiger partial charge in [0.2, 0.25) is 0 Å². The SMILES string of the molecule is Nc1nccn2c(C3CCC(C(=O)O)CC3)nc(-c3ccc4ccc(C5=CCCC=C5)nc4c3)c12. The summed E-state index contributed by atoms with van der Waals surface area (Å²) in [5.41, 5.74) is 11.9. The molecule has 0 saturated heterocycles. The van der Waals surface area contributed by atoms with Gasteiger partial charge in [-0.15, -0.1) is 0 Å². The van der Waals surface area contributed by atoms with Gasteiger partial charge in [-0.1, -0.05) is 36.4 Å². The third kappa shape index (κ3) is 3.87. The first-order chi connectivity index (χ1) is 17.1. The van der Waals surface area contributed by atoms with Crippen molar-refractivity contribution in [1.29, 1.82) is 0 Å². The number of allylic oxidation sites excluding steroid dienone is 4. The van der Waals surface area contributed by atoms with Crippen molar-refractivity contribution in [3.05, 3.63) is 72.5 Å². The molecule has 176 valence electrons. The fraction of sp³-hybridized carbons (Fsp3) is 0.286. The standard InChI is InChI=1S/C28H27N5O2/c29-26-25-24(32-27(33(25)15-14-30-26)19-7-9-20(10-8-19)28(34)35)21-11-6-18-12-13-22(31-23(18)16-21)17-4-2-1-3-5-17/h2,4-6,11-16,19-20H,1,3,7-10H2,(H2,29,30)(H,34,35). The Morgan fingerprint density at radius 3 is 2.66 bits per heavy atom. The summed E-state index contributed by atoms with van der Waals surface area (Å²) >= 11 is 0. The van der Waals surface area contributed by atoms with E-state index in [1.807, 2.05) is 10.6 Å². The fourth-order valence-electron chi connectivity index (χ4n) is 5.40. The number of nitrogens with two attached hydrogens (primary N) is 1. The maximum absolute atomic E-state index is 11.4. The summed E-state index contributed by atoms with van der Waals surface area (Å²) in [6.07, 6.45) is 15.2. The van der Waals surface area contributed by atoms with Crippen LogP contribution < -0.4 is 5.73 Å². The molecule has 7 heteroatoms. The highest BCUT2D eigenvalue weighted by molar-refractivity contribution is 5.91. The number of nitrogen functional groups attached to an aromatic ring is 1. The van der Waals surface area contributed by atoms with Crippen LogP contribution in [0, 0.1) is 5.92 Å². The van der Waals surface area contributed by atoms with E-state index in [1.165, 1.54) is 0 Å². The van der Waals surface area contributed by atoms with Crippen molar-refractivity contribution < 1.29 is 9.90 Å². The molecular weight excluding hydrogens is 438 g/mol. The minimum absolute atomic E-state index is 0.184. The van der Waals surface area contributed by atoms with Gasteiger partial charge in [0.15, 0.2) is 0 Å². The Morgan fingerprint density at radius 1 is 1.06 bits per heavy atom. The lowest BCUT2D eigenvalue weighted by atomic mass is 9.81. The fourth-order valence-corrected chi connectivity index (χ4v) is 5.40. The Hall–Kier alpha value is -4.00. The summed E-state index contributed by atoms with van der Waals surface area (Å²) in [6.45, 7) is 0. The van der Waals surface area contributed by atoms with Gasteiger partial charge in [-0.05, 0) is 56.2 Å². The van der Waals surface area contributed by atoms with Crippen molar-refractivity contribution in [2.45, 2.75) is 44.4 Å². The van der Waals surface area contributed by atoms with Gasteiger partial charge in [0, 0.05) is 29.3 Å². The summed E-state index contributed by atoms with van der Waals surface area (Å²) in [5, 5.41) is 10.5. The van der Waals surface area contributed by atoms with Crippen LogP contribution in [0.4, 0.5) is 5.82 Å². The van der Waals surface area contributed by atoms with E-state index in [-0.39, 0.29) is 11.8 Å². The van der Waals surface area contributed by atoms with Crippen LogP contribution in [-0.2, 0) is 4.79 Å². The van der Waals surface area contributed by atoms with Gasteiger partial charge in [0.1, 0.15) is 22.9 Å². The molecule has 0 aliphatic heterocycles. The van der Waals surface area contributed by atoms with E-state index in [0.717, 1.165) is 70.5 Å². The van der Waals surface area contributed by atoms with Gasteiger partial charge in [-0.25, -0.2) is 15.0 Å². The van der Waals surface area contributed by atoms with Gasteiger partial charge in [-0.2, -0.15) is 0 Å². The van der Waals surface area contributed by atoms with Crippen molar-refractivity contribution in [1.82, 2.24) is 19.4 Å². The second-order valence-electron chi connectivity index (χ2n) is 9.48. The molecule has 0 amide bonds. The molecule has 1 aromatic carbocycles. The Bertz CT molecular complexity index is 1510. The Labute approximate surface area is 203 Å². The third-order valence-electron chi connectivity index (χ3n) is 7.31. The second kappa shape index (κ2) is 8.65. The van der Waals surface area contributed by atoms with Crippen LogP contribution in [0.25, 0.3) is 33.3 Å². The van der Waals surface area contributed by atoms with Crippen LogP contribution in [0.5, 0.6) is 0 Å². The number of nitrogens with zero attached hydrogens (tertiary/aromatic N) is 4. The molecule has 3 heterocycles. The van der Waals surface area contributed by atoms with Gasteiger partial charge in [0.05, 0.1) is 17.1 Å². The number of aromatic nitrogens is 4. The zero-order valence-corrected chi connectivity index (χ0v) is 19.4. The summed E-state index contributed by atoms with van der Waals surface area (Å²) in [4.78, 5) is 25.8. The molecule has 3 N–H and O–H groups in total. The molecular formula is C28H27N5O2. The second-order valence-corrected chi connectivity index (χ2v) is 9.48. The summed E-state index contributed by atoms with van der Waals surface area (Å²) < 4.78 is 2.04. The van der Waals surface area contributed by atoms with Crippen molar-refractivity contribution >= 4 is 33.8 Å². The van der Waals surface area contributed by atoms with E-state index in [4.69, 9.17) is 15.7 Å². The molecule has 2 aliphatic rings. The molecule has 6 rings (SSSR count). The van der Waals surface area contributed by atoms with Gasteiger partial charge >= 0.3 is 5.97 Å². The molecule has 3 aromatic heterocycles. The number of benzene rings is 1. The first kappa shape index (κ1) is 21.5. The number of imidazole rings is 1. The molecule has 0 radical (unpaired) electrons. The molecule has 4 aromatic rings.